The van der Waals surface area contributed by atoms with Crippen LogP contribution in [0, 0.1) is 0 Å². The van der Waals surface area contributed by atoms with Crippen LogP contribution in [0.4, 0.5) is 5.69 Å². The molecule has 1 N–H and O–H groups in total. The Bertz CT molecular complexity index is 516. The number of nitrogens with one attached hydrogen (secondary N) is 1. The highest BCUT2D eigenvalue weighted by Crippen LogP contribution is 2.41. The molecule has 3 rings (SSSR count). The first-order valence-corrected chi connectivity index (χ1v) is 7.63. The Labute approximate surface area is 113 Å². The summed E-state index contributed by atoms with van der Waals surface area (Å²) < 4.78 is 0. The van der Waals surface area contributed by atoms with E-state index in [4.69, 9.17) is 0 Å². The first-order valence-electron chi connectivity index (χ1n) is 6.75. The van der Waals surface area contributed by atoms with Crippen molar-refractivity contribution in [3.05, 3.63) is 47.6 Å². The van der Waals surface area contributed by atoms with Crippen LogP contribution < -0.4 is 5.32 Å². The molecular weight excluding hydrogens is 238 g/mol. The second-order valence-electron chi connectivity index (χ2n) is 4.89. The van der Waals surface area contributed by atoms with Gasteiger partial charge in [0.15, 0.2) is 0 Å². The van der Waals surface area contributed by atoms with E-state index in [1.165, 1.54) is 21.7 Å². The fourth-order valence-electron chi connectivity index (χ4n) is 2.51. The zero-order valence-electron chi connectivity index (χ0n) is 10.9. The first-order chi connectivity index (χ1) is 8.80. The minimum Gasteiger partial charge on any atom is -0.376 e. The van der Waals surface area contributed by atoms with E-state index in [0.717, 1.165) is 12.8 Å². The molecule has 1 heterocycles. The van der Waals surface area contributed by atoms with Gasteiger partial charge in [0.2, 0.25) is 0 Å². The van der Waals surface area contributed by atoms with Gasteiger partial charge < -0.3 is 5.32 Å². The molecule has 0 spiro atoms. The summed E-state index contributed by atoms with van der Waals surface area (Å²) in [6.45, 7) is 4.43. The average Bonchev–Trinajstić information content (AvgIpc) is 2.43. The van der Waals surface area contributed by atoms with Crippen LogP contribution in [0.5, 0.6) is 0 Å². The molecule has 1 aromatic carbocycles. The summed E-state index contributed by atoms with van der Waals surface area (Å²) in [6.07, 6.45) is 9.23. The molecule has 1 aromatic rings. The minimum absolute atomic E-state index is 0.449. The molecule has 2 heteroatoms. The summed E-state index contributed by atoms with van der Waals surface area (Å²) in [6, 6.07) is 7.24. The van der Waals surface area contributed by atoms with Gasteiger partial charge >= 0.3 is 0 Å². The van der Waals surface area contributed by atoms with E-state index in [-0.39, 0.29) is 0 Å². The zero-order chi connectivity index (χ0) is 12.5. The molecule has 94 valence electrons. The molecule has 0 radical (unpaired) electrons. The van der Waals surface area contributed by atoms with Gasteiger partial charge in [-0.15, -0.1) is 11.8 Å². The number of thioether (sulfide) groups is 1. The van der Waals surface area contributed by atoms with E-state index >= 15 is 0 Å². The number of hydrogen-bond donors (Lipinski definition) is 1. The molecule has 1 aliphatic heterocycles. The van der Waals surface area contributed by atoms with E-state index in [9.17, 15) is 0 Å². The van der Waals surface area contributed by atoms with Gasteiger partial charge in [0, 0.05) is 10.6 Å². The molecule has 0 bridgehead atoms. The highest BCUT2D eigenvalue weighted by Gasteiger charge is 2.27. The molecule has 0 saturated heterocycles. The molecule has 0 unspecified atom stereocenters. The van der Waals surface area contributed by atoms with E-state index < -0.39 is 0 Å². The highest BCUT2D eigenvalue weighted by atomic mass is 32.2. The van der Waals surface area contributed by atoms with Crippen LogP contribution in [0.3, 0.4) is 0 Å². The van der Waals surface area contributed by atoms with Gasteiger partial charge in [-0.25, -0.2) is 0 Å². The van der Waals surface area contributed by atoms with Gasteiger partial charge in [-0.1, -0.05) is 43.7 Å². The van der Waals surface area contributed by atoms with Gasteiger partial charge in [-0.2, -0.15) is 0 Å². The van der Waals surface area contributed by atoms with Crippen molar-refractivity contribution in [2.24, 2.45) is 0 Å². The lowest BCUT2D eigenvalue weighted by atomic mass is 10.00. The second-order valence-corrected chi connectivity index (χ2v) is 6.11. The predicted molar refractivity (Wildman–Crippen MR) is 80.4 cm³/mol. The monoisotopic (exact) mass is 257 g/mol. The first kappa shape index (κ1) is 11.9. The lowest BCUT2D eigenvalue weighted by Crippen LogP contribution is -2.33. The van der Waals surface area contributed by atoms with Crippen molar-refractivity contribution in [2.45, 2.75) is 42.9 Å². The van der Waals surface area contributed by atoms with Crippen LogP contribution in [0.1, 0.15) is 25.8 Å². The summed E-state index contributed by atoms with van der Waals surface area (Å²) in [5, 5.41) is 4.19. The van der Waals surface area contributed by atoms with Gasteiger partial charge in [0.1, 0.15) is 0 Å². The average molecular weight is 257 g/mol. The van der Waals surface area contributed by atoms with Crippen molar-refractivity contribution in [3.63, 3.8) is 0 Å². The van der Waals surface area contributed by atoms with Crippen molar-refractivity contribution in [1.82, 2.24) is 0 Å². The summed E-state index contributed by atoms with van der Waals surface area (Å²) >= 11 is 2.00. The predicted octanol–water partition coefficient (Wildman–Crippen LogP) is 4.41. The molecular formula is C16H19NS. The number of anilines is 1. The quantitative estimate of drug-likeness (QED) is 0.842. The number of benzene rings is 1. The summed E-state index contributed by atoms with van der Waals surface area (Å²) in [7, 11) is 0. The van der Waals surface area contributed by atoms with Crippen molar-refractivity contribution >= 4 is 17.4 Å². The molecule has 0 fully saturated rings. The van der Waals surface area contributed by atoms with Crippen LogP contribution >= 0.6 is 11.8 Å². The topological polar surface area (TPSA) is 12.0 Å². The molecule has 0 aromatic heterocycles. The normalized spacial score (nSPS) is 24.9. The second kappa shape index (κ2) is 4.85. The van der Waals surface area contributed by atoms with Gasteiger partial charge in [0.05, 0.1) is 11.3 Å². The summed E-state index contributed by atoms with van der Waals surface area (Å²) in [4.78, 5) is 1.40. The van der Waals surface area contributed by atoms with E-state index in [1.807, 2.05) is 11.8 Å². The van der Waals surface area contributed by atoms with Crippen LogP contribution in [0.15, 0.2) is 46.9 Å². The maximum Gasteiger partial charge on any atom is 0.0605 e. The van der Waals surface area contributed by atoms with Crippen LogP contribution in [0.25, 0.3) is 0 Å². The summed E-state index contributed by atoms with van der Waals surface area (Å²) in [5.74, 6) is 0. The number of allylic oxidation sites excluding steroid dienone is 2. The molecule has 2 atom stereocenters. The molecule has 18 heavy (non-hydrogen) atoms. The van der Waals surface area contributed by atoms with Gasteiger partial charge in [-0.05, 0) is 30.5 Å². The number of fused-ring (bicyclic) bond motifs is 2. The van der Waals surface area contributed by atoms with Crippen molar-refractivity contribution < 1.29 is 0 Å². The Morgan fingerprint density at radius 2 is 2.11 bits per heavy atom. The number of aryl methyl sites for hydroxylation is 1. The van der Waals surface area contributed by atoms with Crippen LogP contribution in [-0.2, 0) is 6.42 Å². The highest BCUT2D eigenvalue weighted by molar-refractivity contribution is 8.00. The lowest BCUT2D eigenvalue weighted by Gasteiger charge is -2.33. The van der Waals surface area contributed by atoms with Gasteiger partial charge in [-0.3, -0.25) is 0 Å². The van der Waals surface area contributed by atoms with E-state index in [0.29, 0.717) is 11.3 Å². The number of hydrogen-bond acceptors (Lipinski definition) is 2. The molecule has 0 amide bonds. The Morgan fingerprint density at radius 1 is 1.22 bits per heavy atom. The Morgan fingerprint density at radius 3 is 2.89 bits per heavy atom. The molecule has 1 nitrogen and oxygen atoms in total. The third kappa shape index (κ3) is 2.10. The molecule has 0 saturated carbocycles. The fraction of sp³-hybridized carbons (Fsp3) is 0.375. The number of rotatable bonds is 2. The van der Waals surface area contributed by atoms with Crippen LogP contribution in [0.2, 0.25) is 0 Å². The Balaban J connectivity index is 1.91. The van der Waals surface area contributed by atoms with E-state index in [2.05, 4.69) is 55.6 Å². The van der Waals surface area contributed by atoms with E-state index in [1.54, 1.807) is 0 Å². The Hall–Kier alpha value is -1.15. The fourth-order valence-corrected chi connectivity index (χ4v) is 3.82. The Kier molecular flexibility index (Phi) is 3.21. The third-order valence-corrected chi connectivity index (χ3v) is 4.99. The molecule has 2 aliphatic rings. The van der Waals surface area contributed by atoms with Crippen molar-refractivity contribution in [2.75, 3.05) is 5.32 Å². The minimum atomic E-state index is 0.449. The van der Waals surface area contributed by atoms with Crippen molar-refractivity contribution in [3.8, 4) is 0 Å². The molecule has 1 aliphatic carbocycles. The maximum absolute atomic E-state index is 3.64. The zero-order valence-corrected chi connectivity index (χ0v) is 11.8. The standard InChI is InChI=1S/C16H19NS/c1-3-11-5-7-13-15(9-11)18-16-10-12(4-2)6-8-14(16)17-13/h5-10,13,15,17H,3-4H2,1-2H3/t13-,15-/m1/s1. The van der Waals surface area contributed by atoms with Crippen molar-refractivity contribution in [1.29, 1.82) is 0 Å². The van der Waals surface area contributed by atoms with Crippen LogP contribution in [-0.4, -0.2) is 11.3 Å². The summed E-state index contributed by atoms with van der Waals surface area (Å²) in [5.41, 5.74) is 4.17. The lowest BCUT2D eigenvalue weighted by molar-refractivity contribution is 0.860. The smallest absolute Gasteiger partial charge is 0.0605 e. The SMILES string of the molecule is CCC1=C[C@H]2Sc3cc(CC)ccc3N[C@@H]2C=C1. The third-order valence-electron chi connectivity index (χ3n) is 3.70. The largest absolute Gasteiger partial charge is 0.376 e. The van der Waals surface area contributed by atoms with Gasteiger partial charge in [0.25, 0.3) is 0 Å². The maximum atomic E-state index is 3.64.